The molecule has 1 amide bonds. The number of nitrogen functional groups attached to an aromatic ring is 1. The van der Waals surface area contributed by atoms with Crippen molar-refractivity contribution < 1.29 is 4.79 Å². The van der Waals surface area contributed by atoms with Gasteiger partial charge in [-0.3, -0.25) is 4.79 Å². The van der Waals surface area contributed by atoms with E-state index in [0.717, 1.165) is 27.3 Å². The summed E-state index contributed by atoms with van der Waals surface area (Å²) in [4.78, 5) is 15.2. The van der Waals surface area contributed by atoms with Crippen LogP contribution in [0.4, 0.5) is 5.69 Å². The first-order chi connectivity index (χ1) is 10.2. The summed E-state index contributed by atoms with van der Waals surface area (Å²) in [6.07, 6.45) is 1.71. The monoisotopic (exact) mass is 299 g/mol. The van der Waals surface area contributed by atoms with Gasteiger partial charge in [-0.2, -0.15) is 0 Å². The summed E-state index contributed by atoms with van der Waals surface area (Å²) >= 11 is 1.50. The number of aromatic nitrogens is 3. The maximum atomic E-state index is 12.6. The number of carbonyl (C=O) groups is 1. The lowest BCUT2D eigenvalue weighted by molar-refractivity contribution is 0.0712. The molecule has 2 aromatic heterocycles. The van der Waals surface area contributed by atoms with Crippen molar-refractivity contribution in [1.82, 2.24) is 19.7 Å². The quantitative estimate of drug-likeness (QED) is 0.694. The van der Waals surface area contributed by atoms with E-state index in [1.165, 1.54) is 11.3 Å². The van der Waals surface area contributed by atoms with Crippen LogP contribution in [0.25, 0.3) is 10.1 Å². The molecular formula is C14H13N5OS. The smallest absolute Gasteiger partial charge is 0.264 e. The Bertz CT molecular complexity index is 837. The summed E-state index contributed by atoms with van der Waals surface area (Å²) in [6, 6.07) is 7.63. The van der Waals surface area contributed by atoms with Crippen molar-refractivity contribution in [3.63, 3.8) is 0 Å². The Morgan fingerprint density at radius 2 is 2.19 bits per heavy atom. The topological polar surface area (TPSA) is 77.0 Å². The van der Waals surface area contributed by atoms with Gasteiger partial charge in [-0.25, -0.2) is 0 Å². The summed E-state index contributed by atoms with van der Waals surface area (Å²) in [5.74, 6) is 0.879. The zero-order chi connectivity index (χ0) is 14.4. The second-order valence-electron chi connectivity index (χ2n) is 5.08. The molecule has 6 nitrogen and oxygen atoms in total. The molecule has 0 radical (unpaired) electrons. The molecule has 0 fully saturated rings. The number of amides is 1. The van der Waals surface area contributed by atoms with Crippen LogP contribution in [0, 0.1) is 0 Å². The molecule has 1 aromatic carbocycles. The van der Waals surface area contributed by atoms with Gasteiger partial charge in [0, 0.05) is 23.5 Å². The average molecular weight is 299 g/mol. The summed E-state index contributed by atoms with van der Waals surface area (Å²) in [5, 5.41) is 8.94. The number of benzene rings is 1. The Hall–Kier alpha value is -2.41. The van der Waals surface area contributed by atoms with Gasteiger partial charge in [0.1, 0.15) is 6.33 Å². The minimum Gasteiger partial charge on any atom is -0.399 e. The number of rotatable bonds is 1. The first-order valence-corrected chi connectivity index (χ1v) is 7.47. The zero-order valence-electron chi connectivity index (χ0n) is 11.2. The van der Waals surface area contributed by atoms with Crippen LogP contribution in [-0.4, -0.2) is 32.1 Å². The molecule has 0 unspecified atom stereocenters. The molecule has 1 aliphatic heterocycles. The summed E-state index contributed by atoms with van der Waals surface area (Å²) in [7, 11) is 0. The van der Waals surface area contributed by atoms with E-state index in [-0.39, 0.29) is 5.91 Å². The molecule has 4 rings (SSSR count). The Balaban J connectivity index is 1.64. The van der Waals surface area contributed by atoms with Crippen molar-refractivity contribution in [2.24, 2.45) is 0 Å². The van der Waals surface area contributed by atoms with Crippen LogP contribution in [-0.2, 0) is 13.1 Å². The minimum absolute atomic E-state index is 0.0454. The maximum Gasteiger partial charge on any atom is 0.264 e. The standard InChI is InChI=1S/C14H13N5OS/c15-10-1-2-11-9(5-10)6-12(21-11)14(20)18-3-4-19-8-16-17-13(19)7-18/h1-2,5-6,8H,3-4,7,15H2. The fourth-order valence-corrected chi connectivity index (χ4v) is 3.57. The molecule has 0 bridgehead atoms. The molecule has 1 aliphatic rings. The highest BCUT2D eigenvalue weighted by Gasteiger charge is 2.24. The predicted octanol–water partition coefficient (Wildman–Crippen LogP) is 1.73. The predicted molar refractivity (Wildman–Crippen MR) is 81.0 cm³/mol. The number of nitrogens with two attached hydrogens (primary N) is 1. The van der Waals surface area contributed by atoms with E-state index < -0.39 is 0 Å². The molecule has 0 saturated carbocycles. The number of hydrogen-bond donors (Lipinski definition) is 1. The summed E-state index contributed by atoms with van der Waals surface area (Å²) in [5.41, 5.74) is 6.50. The molecule has 21 heavy (non-hydrogen) atoms. The van der Waals surface area contributed by atoms with Gasteiger partial charge in [0.05, 0.1) is 11.4 Å². The number of thiophene rings is 1. The largest absolute Gasteiger partial charge is 0.399 e. The normalized spacial score (nSPS) is 14.4. The highest BCUT2D eigenvalue weighted by molar-refractivity contribution is 7.20. The van der Waals surface area contributed by atoms with Crippen molar-refractivity contribution in [2.45, 2.75) is 13.1 Å². The number of nitrogens with zero attached hydrogens (tertiary/aromatic N) is 4. The van der Waals surface area contributed by atoms with E-state index in [1.807, 2.05) is 33.7 Å². The zero-order valence-corrected chi connectivity index (χ0v) is 12.0. The lowest BCUT2D eigenvalue weighted by atomic mass is 10.2. The van der Waals surface area contributed by atoms with Crippen LogP contribution < -0.4 is 5.73 Å². The van der Waals surface area contributed by atoms with E-state index in [2.05, 4.69) is 10.2 Å². The van der Waals surface area contributed by atoms with E-state index in [4.69, 9.17) is 5.73 Å². The van der Waals surface area contributed by atoms with Gasteiger partial charge in [0.25, 0.3) is 5.91 Å². The van der Waals surface area contributed by atoms with E-state index in [0.29, 0.717) is 18.8 Å². The molecule has 2 N–H and O–H groups in total. The molecule has 7 heteroatoms. The van der Waals surface area contributed by atoms with Crippen molar-refractivity contribution in [3.8, 4) is 0 Å². The third kappa shape index (κ3) is 2.06. The second-order valence-corrected chi connectivity index (χ2v) is 6.16. The molecule has 3 heterocycles. The van der Waals surface area contributed by atoms with Crippen LogP contribution >= 0.6 is 11.3 Å². The first-order valence-electron chi connectivity index (χ1n) is 6.66. The summed E-state index contributed by atoms with van der Waals surface area (Å²) in [6.45, 7) is 1.93. The Morgan fingerprint density at radius 3 is 3.10 bits per heavy atom. The van der Waals surface area contributed by atoms with Gasteiger partial charge in [0.15, 0.2) is 5.82 Å². The Kier molecular flexibility index (Phi) is 2.68. The van der Waals surface area contributed by atoms with Crippen LogP contribution in [0.1, 0.15) is 15.5 Å². The molecule has 0 saturated heterocycles. The first kappa shape index (κ1) is 12.3. The van der Waals surface area contributed by atoms with Crippen LogP contribution in [0.3, 0.4) is 0 Å². The molecule has 0 spiro atoms. The molecule has 3 aromatic rings. The lowest BCUT2D eigenvalue weighted by Crippen LogP contribution is -2.37. The fraction of sp³-hybridized carbons (Fsp3) is 0.214. The van der Waals surface area contributed by atoms with Crippen molar-refractivity contribution >= 4 is 33.0 Å². The van der Waals surface area contributed by atoms with E-state index in [9.17, 15) is 4.79 Å². The Morgan fingerprint density at radius 1 is 1.29 bits per heavy atom. The van der Waals surface area contributed by atoms with Gasteiger partial charge < -0.3 is 15.2 Å². The van der Waals surface area contributed by atoms with Crippen molar-refractivity contribution in [3.05, 3.63) is 41.3 Å². The second kappa shape index (κ2) is 4.56. The van der Waals surface area contributed by atoms with Gasteiger partial charge >= 0.3 is 0 Å². The summed E-state index contributed by atoms with van der Waals surface area (Å²) < 4.78 is 3.06. The number of carbonyl (C=O) groups excluding carboxylic acids is 1. The number of hydrogen-bond acceptors (Lipinski definition) is 5. The van der Waals surface area contributed by atoms with E-state index >= 15 is 0 Å². The molecule has 0 atom stereocenters. The molecule has 0 aliphatic carbocycles. The van der Waals surface area contributed by atoms with Gasteiger partial charge in [-0.1, -0.05) is 0 Å². The highest BCUT2D eigenvalue weighted by Crippen LogP contribution is 2.28. The van der Waals surface area contributed by atoms with Crippen LogP contribution in [0.15, 0.2) is 30.6 Å². The molecular weight excluding hydrogens is 286 g/mol. The van der Waals surface area contributed by atoms with Crippen molar-refractivity contribution in [1.29, 1.82) is 0 Å². The average Bonchev–Trinajstić information content (AvgIpc) is 3.11. The Labute approximate surface area is 124 Å². The minimum atomic E-state index is 0.0454. The van der Waals surface area contributed by atoms with Gasteiger partial charge in [0.2, 0.25) is 0 Å². The van der Waals surface area contributed by atoms with Crippen LogP contribution in [0.2, 0.25) is 0 Å². The lowest BCUT2D eigenvalue weighted by Gasteiger charge is -2.26. The third-order valence-corrected chi connectivity index (χ3v) is 4.78. The highest BCUT2D eigenvalue weighted by atomic mass is 32.1. The van der Waals surface area contributed by atoms with Gasteiger partial charge in [-0.05, 0) is 29.7 Å². The number of anilines is 1. The maximum absolute atomic E-state index is 12.6. The number of fused-ring (bicyclic) bond motifs is 2. The van der Waals surface area contributed by atoms with Gasteiger partial charge in [-0.15, -0.1) is 21.5 Å². The van der Waals surface area contributed by atoms with E-state index in [1.54, 1.807) is 6.33 Å². The van der Waals surface area contributed by atoms with Crippen molar-refractivity contribution in [2.75, 3.05) is 12.3 Å². The molecule has 106 valence electrons. The fourth-order valence-electron chi connectivity index (χ4n) is 2.56. The third-order valence-electron chi connectivity index (χ3n) is 3.68. The van der Waals surface area contributed by atoms with Crippen LogP contribution in [0.5, 0.6) is 0 Å². The SMILES string of the molecule is Nc1ccc2sc(C(=O)N3CCn4cnnc4C3)cc2c1.